The Morgan fingerprint density at radius 2 is 1.84 bits per heavy atom. The lowest BCUT2D eigenvalue weighted by molar-refractivity contribution is 0.0933. The van der Waals surface area contributed by atoms with E-state index in [2.05, 4.69) is 26.2 Å². The van der Waals surface area contributed by atoms with Crippen molar-refractivity contribution in [1.82, 2.24) is 14.9 Å². The highest BCUT2D eigenvalue weighted by atomic mass is 79.9. The number of carbonyl (C=O) groups is 1. The van der Waals surface area contributed by atoms with Gasteiger partial charge in [0.1, 0.15) is 11.5 Å². The van der Waals surface area contributed by atoms with Crippen molar-refractivity contribution in [3.63, 3.8) is 0 Å². The number of imidazole rings is 1. The lowest BCUT2D eigenvalue weighted by Crippen LogP contribution is -2.28. The fourth-order valence-electron chi connectivity index (χ4n) is 2.49. The molecule has 0 bridgehead atoms. The third-order valence-electron chi connectivity index (χ3n) is 3.81. The Bertz CT molecular complexity index is 948. The summed E-state index contributed by atoms with van der Waals surface area (Å²) in [7, 11) is 0. The second-order valence-electron chi connectivity index (χ2n) is 5.54. The summed E-state index contributed by atoms with van der Waals surface area (Å²) in [5.74, 6) is -0.618. The van der Waals surface area contributed by atoms with E-state index in [-0.39, 0.29) is 17.8 Å². The molecule has 3 aromatic rings. The number of nitrogens with one attached hydrogen (secondary N) is 2. The van der Waals surface area contributed by atoms with Gasteiger partial charge in [0.2, 0.25) is 0 Å². The first kappa shape index (κ1) is 17.6. The topological polar surface area (TPSA) is 49.8 Å². The van der Waals surface area contributed by atoms with E-state index in [1.54, 1.807) is 22.9 Å². The van der Waals surface area contributed by atoms with Crippen LogP contribution in [0.3, 0.4) is 0 Å². The van der Waals surface area contributed by atoms with Crippen LogP contribution in [-0.2, 0) is 0 Å². The largest absolute Gasteiger partial charge is 0.344 e. The van der Waals surface area contributed by atoms with Crippen molar-refractivity contribution in [2.45, 2.75) is 13.0 Å². The van der Waals surface area contributed by atoms with Crippen molar-refractivity contribution in [2.75, 3.05) is 0 Å². The predicted octanol–water partition coefficient (Wildman–Crippen LogP) is 4.93. The maximum atomic E-state index is 13.2. The fourth-order valence-corrected chi connectivity index (χ4v) is 3.01. The van der Waals surface area contributed by atoms with Gasteiger partial charge in [0.25, 0.3) is 5.91 Å². The third-order valence-corrected chi connectivity index (χ3v) is 4.64. The first-order valence-electron chi connectivity index (χ1n) is 7.58. The summed E-state index contributed by atoms with van der Waals surface area (Å²) in [5, 5.41) is 2.95. The smallest absolute Gasteiger partial charge is 0.270 e. The first-order chi connectivity index (χ1) is 12.0. The zero-order valence-electron chi connectivity index (χ0n) is 13.3. The van der Waals surface area contributed by atoms with Gasteiger partial charge in [-0.05, 0) is 61.1 Å². The molecule has 0 spiro atoms. The lowest BCUT2D eigenvalue weighted by atomic mass is 10.1. The zero-order valence-corrected chi connectivity index (χ0v) is 15.7. The number of hydrogen-bond donors (Lipinski definition) is 2. The molecule has 0 aliphatic rings. The van der Waals surface area contributed by atoms with Crippen LogP contribution in [0.2, 0.25) is 0 Å². The summed E-state index contributed by atoms with van der Waals surface area (Å²) in [6.07, 6.45) is 1.55. The Hall–Kier alpha value is -2.25. The molecule has 3 rings (SSSR count). The Labute approximate surface area is 157 Å². The van der Waals surface area contributed by atoms with Gasteiger partial charge in [-0.3, -0.25) is 9.36 Å². The van der Waals surface area contributed by atoms with Crippen LogP contribution in [0.1, 0.15) is 29.0 Å². The minimum Gasteiger partial charge on any atom is -0.344 e. The number of hydrogen-bond acceptors (Lipinski definition) is 2. The molecule has 1 heterocycles. The number of benzene rings is 2. The molecule has 128 valence electrons. The van der Waals surface area contributed by atoms with Gasteiger partial charge in [0.15, 0.2) is 4.77 Å². The van der Waals surface area contributed by atoms with E-state index < -0.39 is 0 Å². The molecule has 0 aliphatic heterocycles. The van der Waals surface area contributed by atoms with Gasteiger partial charge in [0, 0.05) is 16.4 Å². The van der Waals surface area contributed by atoms with Gasteiger partial charge in [-0.15, -0.1) is 0 Å². The summed E-state index contributed by atoms with van der Waals surface area (Å²) in [5.41, 5.74) is 1.97. The van der Waals surface area contributed by atoms with Gasteiger partial charge in [0.05, 0.1) is 6.04 Å². The lowest BCUT2D eigenvalue weighted by Gasteiger charge is -2.15. The third kappa shape index (κ3) is 3.88. The molecular formula is C18H15BrFN3OS. The van der Waals surface area contributed by atoms with Crippen LogP contribution in [0, 0.1) is 10.6 Å². The first-order valence-corrected chi connectivity index (χ1v) is 8.78. The molecule has 2 N–H and O–H groups in total. The maximum Gasteiger partial charge on any atom is 0.270 e. The Kier molecular flexibility index (Phi) is 5.15. The Morgan fingerprint density at radius 3 is 2.48 bits per heavy atom. The van der Waals surface area contributed by atoms with E-state index in [0.29, 0.717) is 16.2 Å². The van der Waals surface area contributed by atoms with Crippen molar-refractivity contribution < 1.29 is 9.18 Å². The van der Waals surface area contributed by atoms with Crippen LogP contribution in [0.5, 0.6) is 0 Å². The molecule has 4 nitrogen and oxygen atoms in total. The Balaban J connectivity index is 1.87. The van der Waals surface area contributed by atoms with Crippen molar-refractivity contribution in [2.24, 2.45) is 0 Å². The summed E-state index contributed by atoms with van der Waals surface area (Å²) in [6, 6.07) is 13.4. The highest BCUT2D eigenvalue weighted by Gasteiger charge is 2.17. The van der Waals surface area contributed by atoms with Crippen LogP contribution < -0.4 is 5.32 Å². The molecule has 1 aromatic heterocycles. The number of halogens is 2. The van der Waals surface area contributed by atoms with Crippen LogP contribution in [0.25, 0.3) is 5.69 Å². The second-order valence-corrected chi connectivity index (χ2v) is 6.84. The normalized spacial score (nSPS) is 12.0. The van der Waals surface area contributed by atoms with Gasteiger partial charge < -0.3 is 10.3 Å². The summed E-state index contributed by atoms with van der Waals surface area (Å²) in [6.45, 7) is 1.91. The van der Waals surface area contributed by atoms with Gasteiger partial charge in [-0.1, -0.05) is 28.1 Å². The summed E-state index contributed by atoms with van der Waals surface area (Å²) in [4.78, 5) is 15.6. The Morgan fingerprint density at radius 1 is 1.20 bits per heavy atom. The average molecular weight is 420 g/mol. The van der Waals surface area contributed by atoms with Crippen LogP contribution in [0.15, 0.2) is 59.2 Å². The van der Waals surface area contributed by atoms with E-state index in [0.717, 1.165) is 10.0 Å². The molecule has 1 atom stereocenters. The summed E-state index contributed by atoms with van der Waals surface area (Å²) >= 11 is 8.65. The highest BCUT2D eigenvalue weighted by molar-refractivity contribution is 9.10. The molecule has 0 aliphatic carbocycles. The predicted molar refractivity (Wildman–Crippen MR) is 101 cm³/mol. The maximum absolute atomic E-state index is 13.2. The number of rotatable bonds is 4. The number of H-pyrrole nitrogens is 1. The van der Waals surface area contributed by atoms with E-state index >= 15 is 0 Å². The molecule has 1 amide bonds. The molecule has 0 saturated carbocycles. The molecule has 1 unspecified atom stereocenters. The van der Waals surface area contributed by atoms with Crippen LogP contribution in [0.4, 0.5) is 4.39 Å². The summed E-state index contributed by atoms with van der Waals surface area (Å²) < 4.78 is 16.1. The van der Waals surface area contributed by atoms with Gasteiger partial charge >= 0.3 is 0 Å². The molecule has 2 aromatic carbocycles. The van der Waals surface area contributed by atoms with Crippen LogP contribution in [-0.4, -0.2) is 15.5 Å². The minimum atomic E-state index is -0.347. The monoisotopic (exact) mass is 419 g/mol. The van der Waals surface area contributed by atoms with Gasteiger partial charge in [-0.2, -0.15) is 0 Å². The molecule has 0 radical (unpaired) electrons. The SMILES string of the molecule is CC(NC(=O)c1c[nH]c(=S)n1-c1ccc(F)cc1)c1ccc(Br)cc1. The molecule has 7 heteroatoms. The molecular weight excluding hydrogens is 405 g/mol. The molecule has 25 heavy (non-hydrogen) atoms. The van der Waals surface area contributed by atoms with Crippen molar-refractivity contribution in [3.8, 4) is 5.69 Å². The fraction of sp³-hybridized carbons (Fsp3) is 0.111. The van der Waals surface area contributed by atoms with Crippen LogP contribution >= 0.6 is 28.1 Å². The van der Waals surface area contributed by atoms with Crippen molar-refractivity contribution in [1.29, 1.82) is 0 Å². The number of carbonyl (C=O) groups excluding carboxylic acids is 1. The van der Waals surface area contributed by atoms with Gasteiger partial charge in [-0.25, -0.2) is 4.39 Å². The number of aromatic nitrogens is 2. The van der Waals surface area contributed by atoms with Crippen molar-refractivity contribution in [3.05, 3.63) is 81.0 Å². The number of nitrogens with zero attached hydrogens (tertiary/aromatic N) is 1. The minimum absolute atomic E-state index is 0.175. The second kappa shape index (κ2) is 7.33. The number of amides is 1. The van der Waals surface area contributed by atoms with E-state index in [1.807, 2.05) is 31.2 Å². The number of aromatic amines is 1. The molecule has 0 saturated heterocycles. The van der Waals surface area contributed by atoms with E-state index in [4.69, 9.17) is 12.2 Å². The van der Waals surface area contributed by atoms with E-state index in [1.165, 1.54) is 12.1 Å². The quantitative estimate of drug-likeness (QED) is 0.589. The zero-order chi connectivity index (χ0) is 18.0. The average Bonchev–Trinajstić information content (AvgIpc) is 2.98. The van der Waals surface area contributed by atoms with E-state index in [9.17, 15) is 9.18 Å². The van der Waals surface area contributed by atoms with Crippen molar-refractivity contribution >= 4 is 34.1 Å². The molecule has 0 fully saturated rings. The standard InChI is InChI=1S/C18H15BrFN3OS/c1-11(12-2-4-13(19)5-3-12)22-17(24)16-10-21-18(25)23(16)15-8-6-14(20)7-9-15/h2-11H,1H3,(H,21,25)(H,22,24). The highest BCUT2D eigenvalue weighted by Crippen LogP contribution is 2.18.